The van der Waals surface area contributed by atoms with Crippen LogP contribution in [0.3, 0.4) is 0 Å². The van der Waals surface area contributed by atoms with Gasteiger partial charge in [-0.3, -0.25) is 4.90 Å². The number of aromatic nitrogens is 1. The van der Waals surface area contributed by atoms with Crippen LogP contribution in [0.2, 0.25) is 0 Å². The van der Waals surface area contributed by atoms with Crippen molar-refractivity contribution in [3.63, 3.8) is 0 Å². The summed E-state index contributed by atoms with van der Waals surface area (Å²) in [7, 11) is 2.05. The van der Waals surface area contributed by atoms with Crippen molar-refractivity contribution in [2.45, 2.75) is 0 Å². The topological polar surface area (TPSA) is 52.4 Å². The summed E-state index contributed by atoms with van der Waals surface area (Å²) in [6.07, 6.45) is 1.75. The van der Waals surface area contributed by atoms with Crippen LogP contribution in [0.4, 0.5) is 5.69 Å². The first kappa shape index (κ1) is 12.8. The number of hydrogen-bond acceptors (Lipinski definition) is 5. The summed E-state index contributed by atoms with van der Waals surface area (Å²) in [6, 6.07) is 5.71. The third-order valence-corrected chi connectivity index (χ3v) is 3.16. The second kappa shape index (κ2) is 6.34. The molecule has 0 aliphatic carbocycles. The van der Waals surface area contributed by atoms with Crippen molar-refractivity contribution in [2.24, 2.45) is 0 Å². The zero-order chi connectivity index (χ0) is 12.8. The van der Waals surface area contributed by atoms with Crippen LogP contribution in [-0.4, -0.2) is 56.3 Å². The number of rotatable bonds is 4. The van der Waals surface area contributed by atoms with E-state index in [1.165, 1.54) is 0 Å². The number of ether oxygens (including phenoxy) is 1. The monoisotopic (exact) mass is 246 g/mol. The van der Waals surface area contributed by atoms with Crippen LogP contribution >= 0.6 is 0 Å². The molecule has 0 atom stereocenters. The van der Waals surface area contributed by atoms with Gasteiger partial charge in [0.15, 0.2) is 0 Å². The molecule has 2 rings (SSSR count). The molecule has 0 bridgehead atoms. The van der Waals surface area contributed by atoms with E-state index in [0.717, 1.165) is 45.1 Å². The molecule has 0 amide bonds. The minimum Gasteiger partial charge on any atom is -0.379 e. The molecule has 1 aliphatic heterocycles. The van der Waals surface area contributed by atoms with Crippen LogP contribution in [-0.2, 0) is 4.74 Å². The highest BCUT2D eigenvalue weighted by atomic mass is 16.5. The van der Waals surface area contributed by atoms with E-state index in [1.54, 1.807) is 12.3 Å². The van der Waals surface area contributed by atoms with E-state index in [4.69, 9.17) is 10.00 Å². The van der Waals surface area contributed by atoms with E-state index in [0.29, 0.717) is 5.69 Å². The standard InChI is InChI=1S/C13H18N4O/c1-16(4-5-17-6-8-18-9-7-17)13-3-2-12(10-14)15-11-13/h2-3,11H,4-9H2,1H3. The Balaban J connectivity index is 1.83. The summed E-state index contributed by atoms with van der Waals surface area (Å²) in [5.74, 6) is 0. The molecule has 0 unspecified atom stereocenters. The predicted molar refractivity (Wildman–Crippen MR) is 69.5 cm³/mol. The van der Waals surface area contributed by atoms with E-state index in [2.05, 4.69) is 14.8 Å². The highest BCUT2D eigenvalue weighted by molar-refractivity contribution is 5.44. The van der Waals surface area contributed by atoms with Gasteiger partial charge in [0.1, 0.15) is 11.8 Å². The Morgan fingerprint density at radius 1 is 1.44 bits per heavy atom. The van der Waals surface area contributed by atoms with Gasteiger partial charge in [0, 0.05) is 33.2 Å². The maximum Gasteiger partial charge on any atom is 0.140 e. The molecule has 0 radical (unpaired) electrons. The molecule has 18 heavy (non-hydrogen) atoms. The third kappa shape index (κ3) is 3.42. The van der Waals surface area contributed by atoms with Crippen LogP contribution in [0.15, 0.2) is 18.3 Å². The molecular weight excluding hydrogens is 228 g/mol. The van der Waals surface area contributed by atoms with Gasteiger partial charge < -0.3 is 9.64 Å². The minimum absolute atomic E-state index is 0.459. The molecule has 5 heteroatoms. The van der Waals surface area contributed by atoms with Crippen molar-refractivity contribution >= 4 is 5.69 Å². The highest BCUT2D eigenvalue weighted by Gasteiger charge is 2.11. The Morgan fingerprint density at radius 3 is 2.83 bits per heavy atom. The Hall–Kier alpha value is -1.64. The quantitative estimate of drug-likeness (QED) is 0.783. The predicted octanol–water partition coefficient (Wildman–Crippen LogP) is 0.722. The first-order chi connectivity index (χ1) is 8.79. The van der Waals surface area contributed by atoms with Crippen molar-refractivity contribution in [3.05, 3.63) is 24.0 Å². The fourth-order valence-corrected chi connectivity index (χ4v) is 1.92. The van der Waals surface area contributed by atoms with Gasteiger partial charge in [0.2, 0.25) is 0 Å². The van der Waals surface area contributed by atoms with Gasteiger partial charge in [-0.25, -0.2) is 4.98 Å². The number of pyridine rings is 1. The summed E-state index contributed by atoms with van der Waals surface area (Å²) in [5, 5.41) is 8.70. The maximum absolute atomic E-state index is 8.70. The van der Waals surface area contributed by atoms with Crippen LogP contribution in [0.25, 0.3) is 0 Å². The van der Waals surface area contributed by atoms with E-state index in [-0.39, 0.29) is 0 Å². The summed E-state index contributed by atoms with van der Waals surface area (Å²) < 4.78 is 5.32. The number of likely N-dealkylation sites (N-methyl/N-ethyl adjacent to an activating group) is 1. The smallest absolute Gasteiger partial charge is 0.140 e. The van der Waals surface area contributed by atoms with E-state index in [1.807, 2.05) is 19.2 Å². The normalized spacial score (nSPS) is 16.2. The number of hydrogen-bond donors (Lipinski definition) is 0. The Bertz CT molecular complexity index is 406. The van der Waals surface area contributed by atoms with Gasteiger partial charge in [-0.05, 0) is 12.1 Å². The fraction of sp³-hybridized carbons (Fsp3) is 0.538. The molecule has 0 N–H and O–H groups in total. The van der Waals surface area contributed by atoms with Crippen molar-refractivity contribution in [2.75, 3.05) is 51.3 Å². The number of nitriles is 1. The lowest BCUT2D eigenvalue weighted by Gasteiger charge is -2.29. The van der Waals surface area contributed by atoms with Crippen molar-refractivity contribution < 1.29 is 4.74 Å². The molecule has 0 spiro atoms. The Kier molecular flexibility index (Phi) is 4.51. The lowest BCUT2D eigenvalue weighted by molar-refractivity contribution is 0.0393. The van der Waals surface area contributed by atoms with Crippen LogP contribution in [0.5, 0.6) is 0 Å². The summed E-state index contributed by atoms with van der Waals surface area (Å²) in [5.41, 5.74) is 1.50. The first-order valence-corrected chi connectivity index (χ1v) is 6.17. The van der Waals surface area contributed by atoms with Crippen LogP contribution in [0.1, 0.15) is 5.69 Å². The zero-order valence-corrected chi connectivity index (χ0v) is 10.7. The largest absolute Gasteiger partial charge is 0.379 e. The molecule has 1 aromatic rings. The molecule has 1 saturated heterocycles. The molecule has 0 saturated carbocycles. The van der Waals surface area contributed by atoms with Crippen LogP contribution in [0, 0.1) is 11.3 Å². The van der Waals surface area contributed by atoms with Crippen molar-refractivity contribution in [1.29, 1.82) is 5.26 Å². The lowest BCUT2D eigenvalue weighted by Crippen LogP contribution is -2.40. The van der Waals surface area contributed by atoms with E-state index >= 15 is 0 Å². The van der Waals surface area contributed by atoms with E-state index in [9.17, 15) is 0 Å². The van der Waals surface area contributed by atoms with Crippen molar-refractivity contribution in [1.82, 2.24) is 9.88 Å². The van der Waals surface area contributed by atoms with Gasteiger partial charge in [-0.2, -0.15) is 5.26 Å². The lowest BCUT2D eigenvalue weighted by atomic mass is 10.3. The number of nitrogens with zero attached hydrogens (tertiary/aromatic N) is 4. The van der Waals surface area contributed by atoms with Crippen LogP contribution < -0.4 is 4.90 Å². The van der Waals surface area contributed by atoms with E-state index < -0.39 is 0 Å². The van der Waals surface area contributed by atoms with Gasteiger partial charge >= 0.3 is 0 Å². The molecular formula is C13H18N4O. The molecule has 1 fully saturated rings. The van der Waals surface area contributed by atoms with Gasteiger partial charge in [0.05, 0.1) is 25.1 Å². The average molecular weight is 246 g/mol. The molecule has 96 valence electrons. The number of anilines is 1. The minimum atomic E-state index is 0.459. The average Bonchev–Trinajstić information content (AvgIpc) is 2.46. The molecule has 1 aromatic heterocycles. The third-order valence-electron chi connectivity index (χ3n) is 3.16. The van der Waals surface area contributed by atoms with Gasteiger partial charge in [0.25, 0.3) is 0 Å². The van der Waals surface area contributed by atoms with Gasteiger partial charge in [-0.15, -0.1) is 0 Å². The first-order valence-electron chi connectivity index (χ1n) is 6.17. The molecule has 1 aliphatic rings. The fourth-order valence-electron chi connectivity index (χ4n) is 1.92. The summed E-state index contributed by atoms with van der Waals surface area (Å²) in [4.78, 5) is 8.63. The Morgan fingerprint density at radius 2 is 2.22 bits per heavy atom. The number of morpholine rings is 1. The zero-order valence-electron chi connectivity index (χ0n) is 10.7. The molecule has 2 heterocycles. The van der Waals surface area contributed by atoms with Gasteiger partial charge in [-0.1, -0.05) is 0 Å². The van der Waals surface area contributed by atoms with Crippen molar-refractivity contribution in [3.8, 4) is 6.07 Å². The second-order valence-electron chi connectivity index (χ2n) is 4.39. The SMILES string of the molecule is CN(CCN1CCOCC1)c1ccc(C#N)nc1. The highest BCUT2D eigenvalue weighted by Crippen LogP contribution is 2.10. The maximum atomic E-state index is 8.70. The second-order valence-corrected chi connectivity index (χ2v) is 4.39. The molecule has 0 aromatic carbocycles. The Labute approximate surface area is 108 Å². The summed E-state index contributed by atoms with van der Waals surface area (Å²) in [6.45, 7) is 5.68. The summed E-state index contributed by atoms with van der Waals surface area (Å²) >= 11 is 0. The molecule has 5 nitrogen and oxygen atoms in total.